The van der Waals surface area contributed by atoms with Gasteiger partial charge in [0.25, 0.3) is 5.91 Å². The Kier molecular flexibility index (Phi) is 13.1. The predicted molar refractivity (Wildman–Crippen MR) is 134 cm³/mol. The van der Waals surface area contributed by atoms with E-state index in [1.165, 1.54) is 89.9 Å². The van der Waals surface area contributed by atoms with Crippen molar-refractivity contribution in [2.45, 2.75) is 114 Å². The molecule has 1 amide bonds. The van der Waals surface area contributed by atoms with Crippen LogP contribution in [-0.4, -0.2) is 16.4 Å². The number of hydrogen-bond donors (Lipinski definition) is 0. The van der Waals surface area contributed by atoms with E-state index < -0.39 is 0 Å². The van der Waals surface area contributed by atoms with Gasteiger partial charge in [0.15, 0.2) is 0 Å². The Hall–Kier alpha value is -1.16. The van der Waals surface area contributed by atoms with Gasteiger partial charge in [0.2, 0.25) is 0 Å². The number of anilines is 1. The number of benzene rings is 1. The van der Waals surface area contributed by atoms with Crippen LogP contribution in [0.25, 0.3) is 0 Å². The highest BCUT2D eigenvalue weighted by atomic mass is 79.9. The van der Waals surface area contributed by atoms with E-state index in [2.05, 4.69) is 28.0 Å². The first-order valence-corrected chi connectivity index (χ1v) is 13.3. The number of hydrogen-bond acceptors (Lipinski definition) is 2. The van der Waals surface area contributed by atoms with Gasteiger partial charge in [-0.1, -0.05) is 131 Å². The van der Waals surface area contributed by atoms with Crippen molar-refractivity contribution in [3.05, 3.63) is 30.3 Å². The first-order chi connectivity index (χ1) is 14.7. The van der Waals surface area contributed by atoms with E-state index in [1.54, 1.807) is 5.01 Å². The van der Waals surface area contributed by atoms with Gasteiger partial charge in [-0.3, -0.25) is 4.79 Å². The molecule has 1 aliphatic heterocycles. The number of amides is 1. The van der Waals surface area contributed by atoms with Crippen LogP contribution < -0.4 is 5.01 Å². The minimum absolute atomic E-state index is 0.0251. The topological polar surface area (TPSA) is 32.7 Å². The molecule has 168 valence electrons. The zero-order valence-corrected chi connectivity index (χ0v) is 20.5. The van der Waals surface area contributed by atoms with Gasteiger partial charge in [0.1, 0.15) is 4.83 Å². The number of rotatable bonds is 17. The van der Waals surface area contributed by atoms with E-state index >= 15 is 0 Å². The lowest BCUT2D eigenvalue weighted by molar-refractivity contribution is -0.116. The summed E-state index contributed by atoms with van der Waals surface area (Å²) < 4.78 is 0. The zero-order valence-electron chi connectivity index (χ0n) is 19.0. The lowest BCUT2D eigenvalue weighted by Crippen LogP contribution is -2.27. The van der Waals surface area contributed by atoms with E-state index in [4.69, 9.17) is 0 Å². The number of carbonyl (C=O) groups excluding carboxylic acids is 1. The van der Waals surface area contributed by atoms with Crippen LogP contribution in [0.15, 0.2) is 35.4 Å². The summed E-state index contributed by atoms with van der Waals surface area (Å²) in [4.78, 5) is 12.2. The second-order valence-electron chi connectivity index (χ2n) is 8.64. The molecular formula is C26H41BrN2O. The molecule has 1 unspecified atom stereocenters. The molecule has 0 aromatic heterocycles. The lowest BCUT2D eigenvalue weighted by atomic mass is 10.0. The minimum Gasteiger partial charge on any atom is -0.271 e. The van der Waals surface area contributed by atoms with Crippen molar-refractivity contribution < 1.29 is 4.79 Å². The molecule has 0 spiro atoms. The summed E-state index contributed by atoms with van der Waals surface area (Å²) in [6.45, 7) is 2.28. The number of alkyl halides is 1. The molecule has 0 aliphatic carbocycles. The smallest absolute Gasteiger partial charge is 0.267 e. The first kappa shape index (κ1) is 25.1. The standard InChI is InChI=1S/C26H41BrN2O/c1-2-3-4-5-6-7-8-9-10-11-12-13-14-15-19-22-24-25(27)26(30)29(28-24)23-20-17-16-18-21-23/h16-18,20-21,25H,2-15,19,22H2,1H3. The summed E-state index contributed by atoms with van der Waals surface area (Å²) in [6.07, 6.45) is 21.4. The zero-order chi connectivity index (χ0) is 21.4. The van der Waals surface area contributed by atoms with E-state index in [-0.39, 0.29) is 10.7 Å². The van der Waals surface area contributed by atoms with Gasteiger partial charge in [0.05, 0.1) is 11.4 Å². The number of hydrazone groups is 1. The molecule has 0 bridgehead atoms. The normalized spacial score (nSPS) is 16.3. The summed E-state index contributed by atoms with van der Waals surface area (Å²) in [7, 11) is 0. The predicted octanol–water partition coefficient (Wildman–Crippen LogP) is 8.41. The van der Waals surface area contributed by atoms with Crippen LogP contribution in [0, 0.1) is 0 Å². The average molecular weight is 478 g/mol. The van der Waals surface area contributed by atoms with Gasteiger partial charge in [-0.05, 0) is 25.0 Å². The Balaban J connectivity index is 1.45. The monoisotopic (exact) mass is 476 g/mol. The molecule has 1 aliphatic rings. The quantitative estimate of drug-likeness (QED) is 0.164. The van der Waals surface area contributed by atoms with Crippen molar-refractivity contribution in [3.63, 3.8) is 0 Å². The fourth-order valence-electron chi connectivity index (χ4n) is 4.09. The number of halogens is 1. The molecule has 1 aromatic carbocycles. The Bertz CT molecular complexity index is 617. The highest BCUT2D eigenvalue weighted by Gasteiger charge is 2.33. The Labute approximate surface area is 192 Å². The maximum absolute atomic E-state index is 12.4. The molecule has 0 fully saturated rings. The average Bonchev–Trinajstić information content (AvgIpc) is 3.05. The molecule has 0 radical (unpaired) electrons. The summed E-state index contributed by atoms with van der Waals surface area (Å²) in [6, 6.07) is 9.69. The van der Waals surface area contributed by atoms with E-state index in [9.17, 15) is 4.79 Å². The van der Waals surface area contributed by atoms with Crippen molar-refractivity contribution >= 4 is 33.2 Å². The van der Waals surface area contributed by atoms with Gasteiger partial charge >= 0.3 is 0 Å². The van der Waals surface area contributed by atoms with Crippen molar-refractivity contribution in [2.24, 2.45) is 5.10 Å². The number of carbonyl (C=O) groups is 1. The largest absolute Gasteiger partial charge is 0.271 e. The van der Waals surface area contributed by atoms with Crippen molar-refractivity contribution in [1.29, 1.82) is 0 Å². The van der Waals surface area contributed by atoms with E-state index in [1.807, 2.05) is 30.3 Å². The number of para-hydroxylation sites is 1. The van der Waals surface area contributed by atoms with Crippen LogP contribution in [-0.2, 0) is 4.79 Å². The van der Waals surface area contributed by atoms with Crippen LogP contribution in [0.2, 0.25) is 0 Å². The molecule has 0 saturated carbocycles. The Morgan fingerprint density at radius 1 is 0.767 bits per heavy atom. The van der Waals surface area contributed by atoms with Crippen molar-refractivity contribution in [3.8, 4) is 0 Å². The van der Waals surface area contributed by atoms with E-state index in [0.717, 1.165) is 24.2 Å². The van der Waals surface area contributed by atoms with Crippen LogP contribution in [0.3, 0.4) is 0 Å². The number of unbranched alkanes of at least 4 members (excludes halogenated alkanes) is 14. The van der Waals surface area contributed by atoms with Crippen LogP contribution in [0.1, 0.15) is 110 Å². The van der Waals surface area contributed by atoms with Gasteiger partial charge in [-0.25, -0.2) is 0 Å². The van der Waals surface area contributed by atoms with Crippen molar-refractivity contribution in [1.82, 2.24) is 0 Å². The summed E-state index contributed by atoms with van der Waals surface area (Å²) in [5.41, 5.74) is 1.82. The number of nitrogens with zero attached hydrogens (tertiary/aromatic N) is 2. The molecule has 1 aromatic rings. The molecule has 2 rings (SSSR count). The summed E-state index contributed by atoms with van der Waals surface area (Å²) in [5, 5.41) is 6.12. The van der Waals surface area contributed by atoms with E-state index in [0.29, 0.717) is 0 Å². The van der Waals surface area contributed by atoms with Gasteiger partial charge < -0.3 is 0 Å². The first-order valence-electron chi connectivity index (χ1n) is 12.3. The highest BCUT2D eigenvalue weighted by Crippen LogP contribution is 2.26. The summed E-state index contributed by atoms with van der Waals surface area (Å²) in [5.74, 6) is 0.0251. The molecule has 1 atom stereocenters. The van der Waals surface area contributed by atoms with Crippen LogP contribution in [0.4, 0.5) is 5.69 Å². The molecule has 4 heteroatoms. The molecular weight excluding hydrogens is 436 g/mol. The highest BCUT2D eigenvalue weighted by molar-refractivity contribution is 9.10. The summed E-state index contributed by atoms with van der Waals surface area (Å²) >= 11 is 3.53. The minimum atomic E-state index is -0.260. The molecule has 1 heterocycles. The van der Waals surface area contributed by atoms with Gasteiger partial charge in [0, 0.05) is 0 Å². The van der Waals surface area contributed by atoms with Gasteiger partial charge in [-0.15, -0.1) is 0 Å². The fraction of sp³-hybridized carbons (Fsp3) is 0.692. The second kappa shape index (κ2) is 15.6. The third kappa shape index (κ3) is 9.32. The second-order valence-corrected chi connectivity index (χ2v) is 9.55. The third-order valence-corrected chi connectivity index (χ3v) is 6.90. The maximum Gasteiger partial charge on any atom is 0.267 e. The molecule has 30 heavy (non-hydrogen) atoms. The third-order valence-electron chi connectivity index (χ3n) is 5.98. The van der Waals surface area contributed by atoms with Crippen molar-refractivity contribution in [2.75, 3.05) is 5.01 Å². The van der Waals surface area contributed by atoms with Gasteiger partial charge in [-0.2, -0.15) is 10.1 Å². The fourth-order valence-corrected chi connectivity index (χ4v) is 4.60. The lowest BCUT2D eigenvalue weighted by Gasteiger charge is -2.11. The molecule has 3 nitrogen and oxygen atoms in total. The SMILES string of the molecule is CCCCCCCCCCCCCCCCCC1=NN(c2ccccc2)C(=O)C1Br. The Morgan fingerprint density at radius 3 is 1.73 bits per heavy atom. The van der Waals surface area contributed by atoms with Crippen LogP contribution in [0.5, 0.6) is 0 Å². The molecule has 0 N–H and O–H groups in total. The molecule has 0 saturated heterocycles. The van der Waals surface area contributed by atoms with Crippen LogP contribution >= 0.6 is 15.9 Å². The maximum atomic E-state index is 12.4. The Morgan fingerprint density at radius 2 is 1.23 bits per heavy atom.